The van der Waals surface area contributed by atoms with Gasteiger partial charge in [0, 0.05) is 5.56 Å². The van der Waals surface area contributed by atoms with Crippen molar-refractivity contribution in [3.05, 3.63) is 52.7 Å². The fourth-order valence-electron chi connectivity index (χ4n) is 4.57. The summed E-state index contributed by atoms with van der Waals surface area (Å²) in [5, 5.41) is 0.517. The zero-order chi connectivity index (χ0) is 23.8. The van der Waals surface area contributed by atoms with E-state index in [-0.39, 0.29) is 11.2 Å². The molecule has 1 aromatic heterocycles. The summed E-state index contributed by atoms with van der Waals surface area (Å²) in [4.78, 5) is 15.9. The fraction of sp³-hybridized carbons (Fsp3) is 0.464. The van der Waals surface area contributed by atoms with Gasteiger partial charge in [-0.25, -0.2) is 0 Å². The van der Waals surface area contributed by atoms with E-state index in [1.807, 2.05) is 18.2 Å². The molecule has 3 aromatic rings. The third kappa shape index (κ3) is 5.73. The Morgan fingerprint density at radius 1 is 0.882 bits per heavy atom. The minimum Gasteiger partial charge on any atom is -0.493 e. The molecule has 1 fully saturated rings. The van der Waals surface area contributed by atoms with Crippen LogP contribution in [0.25, 0.3) is 22.3 Å². The van der Waals surface area contributed by atoms with Gasteiger partial charge in [0.2, 0.25) is 11.2 Å². The molecular weight excluding hydrogens is 430 g/mol. The van der Waals surface area contributed by atoms with Crippen molar-refractivity contribution in [2.75, 3.05) is 40.5 Å². The third-order valence-electron chi connectivity index (χ3n) is 6.47. The molecule has 0 aliphatic carbocycles. The van der Waals surface area contributed by atoms with Crippen LogP contribution < -0.4 is 19.6 Å². The molecule has 0 radical (unpaired) electrons. The molecule has 2 aromatic carbocycles. The standard InChI is InChI=1S/C28H35NO5/c1-31-24-15-14-21(20-25(24)32-2)27-28(26(30)22-12-6-7-13-23(22)34-27)33-19-11-5-3-4-8-16-29-17-9-10-18-29/h6-7,12-15,20H,3-5,8-11,16-19H2,1-2H3. The Morgan fingerprint density at radius 2 is 1.62 bits per heavy atom. The summed E-state index contributed by atoms with van der Waals surface area (Å²) < 4.78 is 23.0. The lowest BCUT2D eigenvalue weighted by Gasteiger charge is -2.14. The highest BCUT2D eigenvalue weighted by Crippen LogP contribution is 2.36. The van der Waals surface area contributed by atoms with E-state index in [1.165, 1.54) is 51.7 Å². The van der Waals surface area contributed by atoms with E-state index >= 15 is 0 Å². The second-order valence-electron chi connectivity index (χ2n) is 8.82. The minimum atomic E-state index is -0.155. The molecule has 0 bridgehead atoms. The fourth-order valence-corrected chi connectivity index (χ4v) is 4.57. The van der Waals surface area contributed by atoms with Crippen molar-refractivity contribution in [2.24, 2.45) is 0 Å². The normalized spacial score (nSPS) is 13.9. The van der Waals surface area contributed by atoms with Crippen molar-refractivity contribution in [2.45, 2.75) is 44.9 Å². The Morgan fingerprint density at radius 3 is 2.41 bits per heavy atom. The second kappa shape index (κ2) is 11.9. The Balaban J connectivity index is 1.43. The number of para-hydroxylation sites is 1. The Labute approximate surface area is 201 Å². The highest BCUT2D eigenvalue weighted by atomic mass is 16.5. The number of hydrogen-bond acceptors (Lipinski definition) is 6. The van der Waals surface area contributed by atoms with Gasteiger partial charge in [-0.05, 0) is 75.6 Å². The number of methoxy groups -OCH3 is 2. The van der Waals surface area contributed by atoms with Crippen LogP contribution in [0, 0.1) is 0 Å². The largest absolute Gasteiger partial charge is 0.493 e. The molecule has 1 aliphatic rings. The average molecular weight is 466 g/mol. The summed E-state index contributed by atoms with van der Waals surface area (Å²) in [5.74, 6) is 1.84. The molecule has 0 amide bonds. The topological polar surface area (TPSA) is 61.1 Å². The zero-order valence-corrected chi connectivity index (χ0v) is 20.3. The van der Waals surface area contributed by atoms with E-state index in [4.69, 9.17) is 18.6 Å². The lowest BCUT2D eigenvalue weighted by Crippen LogP contribution is -2.20. The number of ether oxygens (including phenoxy) is 3. The van der Waals surface area contributed by atoms with Crippen LogP contribution in [0.4, 0.5) is 0 Å². The maximum absolute atomic E-state index is 13.3. The summed E-state index contributed by atoms with van der Waals surface area (Å²) in [6, 6.07) is 12.7. The predicted molar refractivity (Wildman–Crippen MR) is 135 cm³/mol. The molecule has 1 aliphatic heterocycles. The van der Waals surface area contributed by atoms with Gasteiger partial charge >= 0.3 is 0 Å². The molecule has 6 heteroatoms. The van der Waals surface area contributed by atoms with Crippen LogP contribution in [0.15, 0.2) is 51.7 Å². The summed E-state index contributed by atoms with van der Waals surface area (Å²) in [7, 11) is 3.18. The monoisotopic (exact) mass is 465 g/mol. The van der Waals surface area contributed by atoms with Crippen LogP contribution in [0.5, 0.6) is 17.2 Å². The van der Waals surface area contributed by atoms with Gasteiger partial charge in [0.1, 0.15) is 5.58 Å². The van der Waals surface area contributed by atoms with Crippen molar-refractivity contribution in [1.82, 2.24) is 4.90 Å². The lowest BCUT2D eigenvalue weighted by molar-refractivity contribution is 0.294. The molecule has 1 saturated heterocycles. The third-order valence-corrected chi connectivity index (χ3v) is 6.47. The van der Waals surface area contributed by atoms with Crippen LogP contribution in [0.2, 0.25) is 0 Å². The molecule has 6 nitrogen and oxygen atoms in total. The first-order valence-corrected chi connectivity index (χ1v) is 12.3. The van der Waals surface area contributed by atoms with Crippen LogP contribution in [-0.2, 0) is 0 Å². The first kappa shape index (κ1) is 24.1. The quantitative estimate of drug-likeness (QED) is 0.310. The van der Waals surface area contributed by atoms with E-state index in [0.29, 0.717) is 40.4 Å². The van der Waals surface area contributed by atoms with E-state index in [1.54, 1.807) is 38.5 Å². The summed E-state index contributed by atoms with van der Waals surface area (Å²) in [5.41, 5.74) is 1.08. The first-order valence-electron chi connectivity index (χ1n) is 12.3. The maximum Gasteiger partial charge on any atom is 0.235 e. The number of fused-ring (bicyclic) bond motifs is 1. The zero-order valence-electron chi connectivity index (χ0n) is 20.3. The van der Waals surface area contributed by atoms with Crippen molar-refractivity contribution < 1.29 is 18.6 Å². The van der Waals surface area contributed by atoms with Gasteiger partial charge in [-0.1, -0.05) is 31.4 Å². The molecule has 0 saturated carbocycles. The molecule has 0 unspecified atom stereocenters. The van der Waals surface area contributed by atoms with Crippen molar-refractivity contribution in [3.63, 3.8) is 0 Å². The first-order chi connectivity index (χ1) is 16.7. The van der Waals surface area contributed by atoms with Crippen molar-refractivity contribution in [3.8, 4) is 28.6 Å². The molecule has 2 heterocycles. The number of hydrogen-bond donors (Lipinski definition) is 0. The summed E-state index contributed by atoms with van der Waals surface area (Å²) in [6.07, 6.45) is 8.39. The molecule has 0 atom stereocenters. The summed E-state index contributed by atoms with van der Waals surface area (Å²) in [6.45, 7) is 4.24. The number of nitrogens with zero attached hydrogens (tertiary/aromatic N) is 1. The van der Waals surface area contributed by atoms with Crippen molar-refractivity contribution >= 4 is 11.0 Å². The Kier molecular flexibility index (Phi) is 8.47. The van der Waals surface area contributed by atoms with Crippen molar-refractivity contribution in [1.29, 1.82) is 0 Å². The lowest BCUT2D eigenvalue weighted by atomic mass is 10.1. The van der Waals surface area contributed by atoms with Crippen LogP contribution in [-0.4, -0.2) is 45.4 Å². The second-order valence-corrected chi connectivity index (χ2v) is 8.82. The van der Waals surface area contributed by atoms with Gasteiger partial charge in [0.15, 0.2) is 17.3 Å². The molecule has 4 rings (SSSR count). The maximum atomic E-state index is 13.3. The molecular formula is C28H35NO5. The van der Waals surface area contributed by atoms with Crippen LogP contribution in [0.1, 0.15) is 44.9 Å². The number of unbranched alkanes of at least 4 members (excludes halogenated alkanes) is 4. The van der Waals surface area contributed by atoms with E-state index in [9.17, 15) is 4.79 Å². The van der Waals surface area contributed by atoms with Crippen LogP contribution in [0.3, 0.4) is 0 Å². The van der Waals surface area contributed by atoms with Crippen LogP contribution >= 0.6 is 0 Å². The highest BCUT2D eigenvalue weighted by Gasteiger charge is 2.19. The number of benzene rings is 2. The van der Waals surface area contributed by atoms with E-state index in [0.717, 1.165) is 12.8 Å². The SMILES string of the molecule is COc1ccc(-c2oc3ccccc3c(=O)c2OCCCCCCCN2CCCC2)cc1OC. The smallest absolute Gasteiger partial charge is 0.235 e. The average Bonchev–Trinajstić information content (AvgIpc) is 3.39. The Hall–Kier alpha value is -2.99. The molecule has 0 N–H and O–H groups in total. The highest BCUT2D eigenvalue weighted by molar-refractivity contribution is 5.82. The van der Waals surface area contributed by atoms with E-state index in [2.05, 4.69) is 4.90 Å². The van der Waals surface area contributed by atoms with Gasteiger partial charge in [0.05, 0.1) is 26.2 Å². The van der Waals surface area contributed by atoms with Gasteiger partial charge in [0.25, 0.3) is 0 Å². The minimum absolute atomic E-state index is 0.155. The van der Waals surface area contributed by atoms with Gasteiger partial charge in [-0.2, -0.15) is 0 Å². The van der Waals surface area contributed by atoms with E-state index < -0.39 is 0 Å². The number of rotatable bonds is 12. The molecule has 0 spiro atoms. The number of likely N-dealkylation sites (tertiary alicyclic amines) is 1. The van der Waals surface area contributed by atoms with Gasteiger partial charge in [-0.3, -0.25) is 4.79 Å². The molecule has 182 valence electrons. The summed E-state index contributed by atoms with van der Waals surface area (Å²) >= 11 is 0. The van der Waals surface area contributed by atoms with Gasteiger partial charge in [-0.15, -0.1) is 0 Å². The predicted octanol–water partition coefficient (Wildman–Crippen LogP) is 5.90. The van der Waals surface area contributed by atoms with Gasteiger partial charge < -0.3 is 23.5 Å². The molecule has 34 heavy (non-hydrogen) atoms. The Bertz CT molecular complexity index is 1130.